The molecule has 3 nitrogen and oxygen atoms in total. The third-order valence-corrected chi connectivity index (χ3v) is 1.97. The van der Waals surface area contributed by atoms with Crippen molar-refractivity contribution in [2.24, 2.45) is 0 Å². The summed E-state index contributed by atoms with van der Waals surface area (Å²) in [7, 11) is 1.94. The van der Waals surface area contributed by atoms with Gasteiger partial charge >= 0.3 is 0 Å². The number of hydrogen-bond acceptors (Lipinski definition) is 3. The third kappa shape index (κ3) is 2.95. The van der Waals surface area contributed by atoms with Crippen LogP contribution in [0.4, 0.5) is 11.4 Å². The zero-order valence-corrected chi connectivity index (χ0v) is 8.22. The van der Waals surface area contributed by atoms with E-state index in [1.54, 1.807) is 0 Å². The fourth-order valence-corrected chi connectivity index (χ4v) is 1.12. The number of nitrogen functional groups attached to an aromatic ring is 1. The van der Waals surface area contributed by atoms with Gasteiger partial charge < -0.3 is 16.4 Å². The lowest BCUT2D eigenvalue weighted by Gasteiger charge is -2.07. The van der Waals surface area contributed by atoms with Crippen LogP contribution in [-0.4, -0.2) is 20.1 Å². The molecule has 0 atom stereocenters. The summed E-state index contributed by atoms with van der Waals surface area (Å²) in [5, 5.41) is 6.37. The van der Waals surface area contributed by atoms with Crippen molar-refractivity contribution < 1.29 is 0 Å². The van der Waals surface area contributed by atoms with Crippen LogP contribution >= 0.6 is 0 Å². The molecule has 0 fully saturated rings. The molecule has 0 aliphatic carbocycles. The predicted octanol–water partition coefficient (Wildman–Crippen LogP) is 1.21. The lowest BCUT2D eigenvalue weighted by Crippen LogP contribution is -2.17. The van der Waals surface area contributed by atoms with Gasteiger partial charge in [0.05, 0.1) is 0 Å². The summed E-state index contributed by atoms with van der Waals surface area (Å²) in [5.74, 6) is 0. The van der Waals surface area contributed by atoms with Crippen LogP contribution in [0.5, 0.6) is 0 Å². The van der Waals surface area contributed by atoms with Crippen molar-refractivity contribution in [2.75, 3.05) is 31.2 Å². The van der Waals surface area contributed by atoms with E-state index in [1.165, 1.54) is 0 Å². The molecular formula is C10H17N3. The average Bonchev–Trinajstić information content (AvgIpc) is 2.12. The number of benzene rings is 1. The Labute approximate surface area is 79.3 Å². The predicted molar refractivity (Wildman–Crippen MR) is 58.0 cm³/mol. The topological polar surface area (TPSA) is 50.1 Å². The van der Waals surface area contributed by atoms with E-state index >= 15 is 0 Å². The molecule has 0 unspecified atom stereocenters. The molecule has 0 aliphatic heterocycles. The first-order chi connectivity index (χ1) is 6.24. The Hall–Kier alpha value is -1.22. The maximum Gasteiger partial charge on any atom is 0.0345 e. The molecule has 0 bridgehead atoms. The maximum atomic E-state index is 5.70. The molecular weight excluding hydrogens is 162 g/mol. The van der Waals surface area contributed by atoms with E-state index in [9.17, 15) is 0 Å². The van der Waals surface area contributed by atoms with Gasteiger partial charge in [-0.1, -0.05) is 0 Å². The summed E-state index contributed by atoms with van der Waals surface area (Å²) in [6.07, 6.45) is 0. The normalized spacial score (nSPS) is 10.0. The van der Waals surface area contributed by atoms with Crippen molar-refractivity contribution >= 4 is 11.4 Å². The van der Waals surface area contributed by atoms with Gasteiger partial charge in [0.1, 0.15) is 0 Å². The standard InChI is InChI=1S/C10H17N3/c1-8-7-9(3-4-10(8)11)13-6-5-12-2/h3-4,7,12-13H,5-6,11H2,1-2H3. The summed E-state index contributed by atoms with van der Waals surface area (Å²) in [5.41, 5.74) is 8.80. The Morgan fingerprint density at radius 3 is 2.69 bits per heavy atom. The van der Waals surface area contributed by atoms with Crippen LogP contribution in [0.25, 0.3) is 0 Å². The van der Waals surface area contributed by atoms with Crippen molar-refractivity contribution in [3.63, 3.8) is 0 Å². The average molecular weight is 179 g/mol. The van der Waals surface area contributed by atoms with Gasteiger partial charge in [-0.3, -0.25) is 0 Å². The molecule has 0 saturated heterocycles. The van der Waals surface area contributed by atoms with Crippen LogP contribution in [0.1, 0.15) is 5.56 Å². The van der Waals surface area contributed by atoms with Gasteiger partial charge in [0.2, 0.25) is 0 Å². The second-order valence-electron chi connectivity index (χ2n) is 3.10. The molecule has 0 spiro atoms. The Morgan fingerprint density at radius 1 is 1.31 bits per heavy atom. The van der Waals surface area contributed by atoms with Crippen molar-refractivity contribution in [3.8, 4) is 0 Å². The van der Waals surface area contributed by atoms with Gasteiger partial charge in [0.15, 0.2) is 0 Å². The highest BCUT2D eigenvalue weighted by Crippen LogP contribution is 2.15. The third-order valence-electron chi connectivity index (χ3n) is 1.97. The van der Waals surface area contributed by atoms with Gasteiger partial charge in [0.25, 0.3) is 0 Å². The summed E-state index contributed by atoms with van der Waals surface area (Å²) < 4.78 is 0. The van der Waals surface area contributed by atoms with Crippen LogP contribution in [0, 0.1) is 6.92 Å². The Morgan fingerprint density at radius 2 is 2.08 bits per heavy atom. The van der Waals surface area contributed by atoms with Crippen LogP contribution < -0.4 is 16.4 Å². The molecule has 4 N–H and O–H groups in total. The highest BCUT2D eigenvalue weighted by Gasteiger charge is 1.94. The number of nitrogens with one attached hydrogen (secondary N) is 2. The Kier molecular flexibility index (Phi) is 3.58. The molecule has 1 rings (SSSR count). The first-order valence-corrected chi connectivity index (χ1v) is 4.48. The summed E-state index contributed by atoms with van der Waals surface area (Å²) in [6.45, 7) is 3.90. The number of aryl methyl sites for hydroxylation is 1. The highest BCUT2D eigenvalue weighted by atomic mass is 14.9. The summed E-state index contributed by atoms with van der Waals surface area (Å²) in [4.78, 5) is 0. The minimum Gasteiger partial charge on any atom is -0.399 e. The monoisotopic (exact) mass is 179 g/mol. The molecule has 0 heterocycles. The van der Waals surface area contributed by atoms with Crippen LogP contribution in [0.3, 0.4) is 0 Å². The second kappa shape index (κ2) is 4.72. The molecule has 3 heteroatoms. The van der Waals surface area contributed by atoms with Crippen molar-refractivity contribution in [1.82, 2.24) is 5.32 Å². The molecule has 0 saturated carbocycles. The Balaban J connectivity index is 2.53. The fraction of sp³-hybridized carbons (Fsp3) is 0.400. The van der Waals surface area contributed by atoms with E-state index in [2.05, 4.69) is 16.7 Å². The minimum absolute atomic E-state index is 0.846. The number of rotatable bonds is 4. The van der Waals surface area contributed by atoms with E-state index in [-0.39, 0.29) is 0 Å². The van der Waals surface area contributed by atoms with E-state index in [0.717, 1.165) is 30.0 Å². The van der Waals surface area contributed by atoms with E-state index < -0.39 is 0 Å². The van der Waals surface area contributed by atoms with Gasteiger partial charge in [-0.25, -0.2) is 0 Å². The van der Waals surface area contributed by atoms with Gasteiger partial charge in [-0.05, 0) is 37.7 Å². The molecule has 1 aromatic rings. The van der Waals surface area contributed by atoms with E-state index in [1.807, 2.05) is 26.1 Å². The number of hydrogen-bond donors (Lipinski definition) is 3. The Bertz CT molecular complexity index is 271. The zero-order valence-electron chi connectivity index (χ0n) is 8.22. The largest absolute Gasteiger partial charge is 0.399 e. The first kappa shape index (κ1) is 9.86. The summed E-state index contributed by atoms with van der Waals surface area (Å²) in [6, 6.07) is 5.99. The lowest BCUT2D eigenvalue weighted by atomic mass is 10.2. The molecule has 13 heavy (non-hydrogen) atoms. The molecule has 1 aromatic carbocycles. The second-order valence-corrected chi connectivity index (χ2v) is 3.10. The van der Waals surface area contributed by atoms with Gasteiger partial charge in [-0.15, -0.1) is 0 Å². The first-order valence-electron chi connectivity index (χ1n) is 4.48. The molecule has 72 valence electrons. The molecule has 0 amide bonds. The van der Waals surface area contributed by atoms with Crippen LogP contribution in [0.2, 0.25) is 0 Å². The number of likely N-dealkylation sites (N-methyl/N-ethyl adjacent to an activating group) is 1. The molecule has 0 radical (unpaired) electrons. The van der Waals surface area contributed by atoms with Gasteiger partial charge in [0, 0.05) is 24.5 Å². The highest BCUT2D eigenvalue weighted by molar-refractivity contribution is 5.56. The number of anilines is 2. The van der Waals surface area contributed by atoms with Crippen molar-refractivity contribution in [3.05, 3.63) is 23.8 Å². The van der Waals surface area contributed by atoms with Crippen LogP contribution in [-0.2, 0) is 0 Å². The lowest BCUT2D eigenvalue weighted by molar-refractivity contribution is 0.824. The smallest absolute Gasteiger partial charge is 0.0345 e. The fourth-order valence-electron chi connectivity index (χ4n) is 1.12. The SMILES string of the molecule is CNCCNc1ccc(N)c(C)c1. The molecule has 0 aliphatic rings. The van der Waals surface area contributed by atoms with Gasteiger partial charge in [-0.2, -0.15) is 0 Å². The van der Waals surface area contributed by atoms with Crippen molar-refractivity contribution in [2.45, 2.75) is 6.92 Å². The number of nitrogens with two attached hydrogens (primary N) is 1. The minimum atomic E-state index is 0.846. The quantitative estimate of drug-likeness (QED) is 0.481. The molecule has 0 aromatic heterocycles. The van der Waals surface area contributed by atoms with Crippen LogP contribution in [0.15, 0.2) is 18.2 Å². The van der Waals surface area contributed by atoms with E-state index in [0.29, 0.717) is 0 Å². The summed E-state index contributed by atoms with van der Waals surface area (Å²) >= 11 is 0. The zero-order chi connectivity index (χ0) is 9.68. The maximum absolute atomic E-state index is 5.70. The van der Waals surface area contributed by atoms with Crippen molar-refractivity contribution in [1.29, 1.82) is 0 Å². The van der Waals surface area contributed by atoms with E-state index in [4.69, 9.17) is 5.73 Å².